The van der Waals surface area contributed by atoms with E-state index in [2.05, 4.69) is 16.3 Å². The van der Waals surface area contributed by atoms with Gasteiger partial charge in [0, 0.05) is 12.7 Å². The number of benzene rings is 1. The molecular formula is C23H25N5O2S. The summed E-state index contributed by atoms with van der Waals surface area (Å²) in [5.41, 5.74) is 1.08. The van der Waals surface area contributed by atoms with Crippen molar-refractivity contribution in [1.29, 1.82) is 5.26 Å². The first-order valence-corrected chi connectivity index (χ1v) is 11.4. The fourth-order valence-corrected chi connectivity index (χ4v) is 4.95. The minimum atomic E-state index is -0.692. The van der Waals surface area contributed by atoms with E-state index in [1.807, 2.05) is 47.9 Å². The predicted octanol–water partition coefficient (Wildman–Crippen LogP) is 4.61. The number of rotatable bonds is 6. The fraction of sp³-hybridized carbons (Fsp3) is 0.391. The van der Waals surface area contributed by atoms with Crippen LogP contribution in [0.3, 0.4) is 0 Å². The van der Waals surface area contributed by atoms with Crippen LogP contribution in [0.2, 0.25) is 0 Å². The summed E-state index contributed by atoms with van der Waals surface area (Å²) in [7, 11) is 1.75. The molecular weight excluding hydrogens is 410 g/mol. The highest BCUT2D eigenvalue weighted by molar-refractivity contribution is 7.99. The van der Waals surface area contributed by atoms with Crippen LogP contribution in [0, 0.1) is 18.3 Å². The smallest absolute Gasteiger partial charge is 0.234 e. The van der Waals surface area contributed by atoms with E-state index in [0.29, 0.717) is 11.0 Å². The second kappa shape index (κ2) is 8.98. The van der Waals surface area contributed by atoms with Gasteiger partial charge in [-0.15, -0.1) is 10.2 Å². The van der Waals surface area contributed by atoms with E-state index in [1.54, 1.807) is 18.2 Å². The van der Waals surface area contributed by atoms with E-state index >= 15 is 0 Å². The third-order valence-corrected chi connectivity index (χ3v) is 6.89. The van der Waals surface area contributed by atoms with Crippen LogP contribution in [0.25, 0.3) is 17.1 Å². The first-order valence-electron chi connectivity index (χ1n) is 10.4. The molecule has 1 aliphatic carbocycles. The Labute approximate surface area is 186 Å². The quantitative estimate of drug-likeness (QED) is 0.525. The van der Waals surface area contributed by atoms with Crippen molar-refractivity contribution in [3.63, 3.8) is 0 Å². The molecule has 3 aromatic rings. The van der Waals surface area contributed by atoms with E-state index in [-0.39, 0.29) is 11.7 Å². The molecule has 0 saturated heterocycles. The number of furan rings is 1. The highest BCUT2D eigenvalue weighted by Crippen LogP contribution is 2.34. The summed E-state index contributed by atoms with van der Waals surface area (Å²) in [5.74, 6) is 1.54. The van der Waals surface area contributed by atoms with Gasteiger partial charge in [0.1, 0.15) is 11.3 Å². The third-order valence-electron chi connectivity index (χ3n) is 5.98. The second-order valence-electron chi connectivity index (χ2n) is 7.81. The average Bonchev–Trinajstić information content (AvgIpc) is 3.43. The molecule has 0 radical (unpaired) electrons. The lowest BCUT2D eigenvalue weighted by atomic mass is 9.81. The molecule has 0 aliphatic heterocycles. The molecule has 4 rings (SSSR count). The van der Waals surface area contributed by atoms with Crippen LogP contribution in [-0.4, -0.2) is 43.9 Å². The maximum Gasteiger partial charge on any atom is 0.234 e. The largest absolute Gasteiger partial charge is 0.469 e. The third kappa shape index (κ3) is 4.10. The van der Waals surface area contributed by atoms with Gasteiger partial charge < -0.3 is 9.32 Å². The Morgan fingerprint density at radius 1 is 1.23 bits per heavy atom. The number of carbonyl (C=O) groups excluding carboxylic acids is 1. The van der Waals surface area contributed by atoms with Crippen LogP contribution in [0.4, 0.5) is 0 Å². The lowest BCUT2D eigenvalue weighted by Crippen LogP contribution is -2.50. The lowest BCUT2D eigenvalue weighted by Gasteiger charge is -2.39. The van der Waals surface area contributed by atoms with Crippen molar-refractivity contribution in [3.8, 4) is 23.1 Å². The van der Waals surface area contributed by atoms with E-state index in [0.717, 1.165) is 49.1 Å². The zero-order valence-corrected chi connectivity index (χ0v) is 18.6. The zero-order chi connectivity index (χ0) is 21.8. The number of thioether (sulfide) groups is 1. The number of para-hydroxylation sites is 1. The van der Waals surface area contributed by atoms with Gasteiger partial charge in [-0.3, -0.25) is 9.36 Å². The average molecular weight is 436 g/mol. The van der Waals surface area contributed by atoms with Crippen molar-refractivity contribution in [3.05, 3.63) is 48.4 Å². The number of hydrogen-bond donors (Lipinski definition) is 0. The van der Waals surface area contributed by atoms with E-state index < -0.39 is 5.54 Å². The fourth-order valence-electron chi connectivity index (χ4n) is 4.09. The summed E-state index contributed by atoms with van der Waals surface area (Å²) in [6, 6.07) is 14.1. The Bertz CT molecular complexity index is 1090. The Morgan fingerprint density at radius 2 is 1.97 bits per heavy atom. The standard InChI is InChI=1S/C23H25N5O2S/c1-17-19(11-14-30-17)21-25-26-22(28(21)18-9-5-3-6-10-18)31-15-20(29)27(2)23(16-24)12-7-4-8-13-23/h3,5-6,9-11,14H,4,7-8,12-13,15H2,1-2H3. The van der Waals surface area contributed by atoms with Crippen LogP contribution >= 0.6 is 11.8 Å². The number of nitriles is 1. The maximum atomic E-state index is 13.0. The number of aromatic nitrogens is 3. The van der Waals surface area contributed by atoms with Gasteiger partial charge in [0.05, 0.1) is 23.6 Å². The van der Waals surface area contributed by atoms with Gasteiger partial charge in [-0.25, -0.2) is 0 Å². The number of hydrogen-bond acceptors (Lipinski definition) is 6. The Kier molecular flexibility index (Phi) is 6.14. The van der Waals surface area contributed by atoms with Gasteiger partial charge in [-0.05, 0) is 38.0 Å². The van der Waals surface area contributed by atoms with Crippen molar-refractivity contribution in [2.24, 2.45) is 0 Å². The van der Waals surface area contributed by atoms with Gasteiger partial charge in [0.2, 0.25) is 5.91 Å². The lowest BCUT2D eigenvalue weighted by molar-refractivity contribution is -0.131. The number of nitrogens with zero attached hydrogens (tertiary/aromatic N) is 5. The molecule has 1 aliphatic rings. The Balaban J connectivity index is 1.59. The Hall–Kier alpha value is -3.05. The zero-order valence-electron chi connectivity index (χ0n) is 17.7. The minimum absolute atomic E-state index is 0.0721. The molecule has 0 atom stereocenters. The highest BCUT2D eigenvalue weighted by atomic mass is 32.2. The van der Waals surface area contributed by atoms with Crippen molar-refractivity contribution in [2.75, 3.05) is 12.8 Å². The second-order valence-corrected chi connectivity index (χ2v) is 8.76. The SMILES string of the molecule is Cc1occc1-c1nnc(SCC(=O)N(C)C2(C#N)CCCCC2)n1-c1ccccc1. The minimum Gasteiger partial charge on any atom is -0.469 e. The van der Waals surface area contributed by atoms with E-state index in [9.17, 15) is 10.1 Å². The number of carbonyl (C=O) groups is 1. The monoisotopic (exact) mass is 435 g/mol. The maximum absolute atomic E-state index is 13.0. The van der Waals surface area contributed by atoms with E-state index in [1.165, 1.54) is 11.8 Å². The molecule has 31 heavy (non-hydrogen) atoms. The van der Waals surface area contributed by atoms with Crippen LogP contribution in [0.15, 0.2) is 52.2 Å². The molecule has 0 unspecified atom stereocenters. The molecule has 1 fully saturated rings. The summed E-state index contributed by atoms with van der Waals surface area (Å²) in [6.45, 7) is 1.89. The van der Waals surface area contributed by atoms with Crippen molar-refractivity contribution in [1.82, 2.24) is 19.7 Å². The number of amides is 1. The van der Waals surface area contributed by atoms with Crippen LogP contribution in [0.5, 0.6) is 0 Å². The summed E-state index contributed by atoms with van der Waals surface area (Å²) in [6.07, 6.45) is 6.19. The Morgan fingerprint density at radius 3 is 2.61 bits per heavy atom. The molecule has 1 aromatic carbocycles. The first-order chi connectivity index (χ1) is 15.1. The van der Waals surface area contributed by atoms with Gasteiger partial charge in [-0.2, -0.15) is 5.26 Å². The molecule has 2 heterocycles. The molecule has 0 bridgehead atoms. The van der Waals surface area contributed by atoms with Crippen LogP contribution < -0.4 is 0 Å². The predicted molar refractivity (Wildman–Crippen MR) is 119 cm³/mol. The summed E-state index contributed by atoms with van der Waals surface area (Å²) in [4.78, 5) is 14.6. The molecule has 2 aromatic heterocycles. The molecule has 1 amide bonds. The molecule has 8 heteroatoms. The molecule has 7 nitrogen and oxygen atoms in total. The highest BCUT2D eigenvalue weighted by Gasteiger charge is 2.38. The molecule has 1 saturated carbocycles. The number of aryl methyl sites for hydroxylation is 1. The van der Waals surface area contributed by atoms with Gasteiger partial charge in [-0.1, -0.05) is 49.2 Å². The first kappa shape index (κ1) is 21.2. The van der Waals surface area contributed by atoms with Gasteiger partial charge in [0.15, 0.2) is 11.0 Å². The molecule has 160 valence electrons. The van der Waals surface area contributed by atoms with Crippen LogP contribution in [-0.2, 0) is 4.79 Å². The van der Waals surface area contributed by atoms with Crippen LogP contribution in [0.1, 0.15) is 37.9 Å². The van der Waals surface area contributed by atoms with Crippen molar-refractivity contribution in [2.45, 2.75) is 49.7 Å². The normalized spacial score (nSPS) is 15.4. The molecule has 0 spiro atoms. The van der Waals surface area contributed by atoms with Gasteiger partial charge >= 0.3 is 0 Å². The summed E-state index contributed by atoms with van der Waals surface area (Å²) in [5, 5.41) is 19.2. The molecule has 0 N–H and O–H groups in total. The van der Waals surface area contributed by atoms with Gasteiger partial charge in [0.25, 0.3) is 0 Å². The topological polar surface area (TPSA) is 88.0 Å². The summed E-state index contributed by atoms with van der Waals surface area (Å²) < 4.78 is 7.40. The summed E-state index contributed by atoms with van der Waals surface area (Å²) >= 11 is 1.33. The van der Waals surface area contributed by atoms with E-state index in [4.69, 9.17) is 4.42 Å². The van der Waals surface area contributed by atoms with Crippen molar-refractivity contribution >= 4 is 17.7 Å². The van der Waals surface area contributed by atoms with Crippen molar-refractivity contribution < 1.29 is 9.21 Å².